The zero-order chi connectivity index (χ0) is 16.8. The lowest BCUT2D eigenvalue weighted by molar-refractivity contribution is -0.120. The van der Waals surface area contributed by atoms with Gasteiger partial charge in [0.25, 0.3) is 0 Å². The van der Waals surface area contributed by atoms with E-state index < -0.39 is 0 Å². The summed E-state index contributed by atoms with van der Waals surface area (Å²) in [6, 6.07) is 12.0. The first kappa shape index (κ1) is 17.5. The monoisotopic (exact) mass is 375 g/mol. The molecule has 23 heavy (non-hydrogen) atoms. The quantitative estimate of drug-likeness (QED) is 0.771. The largest absolute Gasteiger partial charge is 0.491 e. The standard InChI is InChI=1S/C19H22BrNO2/c1-13-9-14(2)19(15(3)10-13)23-8-7-21-18(22)12-16-5-4-6-17(20)11-16/h4-6,9-11H,7-8,12H2,1-3H3,(H,21,22). The molecule has 0 saturated heterocycles. The Hall–Kier alpha value is -1.81. The van der Waals surface area contributed by atoms with Crippen LogP contribution in [0.2, 0.25) is 0 Å². The Morgan fingerprint density at radius 1 is 1.13 bits per heavy atom. The van der Waals surface area contributed by atoms with Crippen LogP contribution in [0, 0.1) is 20.8 Å². The number of carbonyl (C=O) groups is 1. The van der Waals surface area contributed by atoms with Crippen molar-refractivity contribution in [1.82, 2.24) is 5.32 Å². The van der Waals surface area contributed by atoms with E-state index in [4.69, 9.17) is 4.74 Å². The summed E-state index contributed by atoms with van der Waals surface area (Å²) in [5.74, 6) is 0.917. The minimum Gasteiger partial charge on any atom is -0.491 e. The summed E-state index contributed by atoms with van der Waals surface area (Å²) in [5, 5.41) is 2.89. The van der Waals surface area contributed by atoms with Crippen molar-refractivity contribution in [2.75, 3.05) is 13.2 Å². The summed E-state index contributed by atoms with van der Waals surface area (Å²) < 4.78 is 6.80. The molecule has 0 fully saturated rings. The van der Waals surface area contributed by atoms with E-state index in [-0.39, 0.29) is 5.91 Å². The molecule has 0 heterocycles. The molecule has 0 bridgehead atoms. The molecule has 0 unspecified atom stereocenters. The zero-order valence-electron chi connectivity index (χ0n) is 13.8. The third-order valence-electron chi connectivity index (χ3n) is 3.53. The normalized spacial score (nSPS) is 10.4. The van der Waals surface area contributed by atoms with Crippen molar-refractivity contribution < 1.29 is 9.53 Å². The topological polar surface area (TPSA) is 38.3 Å². The molecular weight excluding hydrogens is 354 g/mol. The molecule has 0 spiro atoms. The predicted molar refractivity (Wildman–Crippen MR) is 97.0 cm³/mol. The fourth-order valence-electron chi connectivity index (χ4n) is 2.63. The molecule has 2 aromatic carbocycles. The molecule has 0 atom stereocenters. The van der Waals surface area contributed by atoms with Gasteiger partial charge in [-0.15, -0.1) is 0 Å². The predicted octanol–water partition coefficient (Wildman–Crippen LogP) is 4.11. The van der Waals surface area contributed by atoms with Gasteiger partial charge in [-0.3, -0.25) is 4.79 Å². The third kappa shape index (κ3) is 5.39. The lowest BCUT2D eigenvalue weighted by Crippen LogP contribution is -2.29. The van der Waals surface area contributed by atoms with Crippen molar-refractivity contribution in [2.24, 2.45) is 0 Å². The van der Waals surface area contributed by atoms with Gasteiger partial charge in [0.05, 0.1) is 13.0 Å². The summed E-state index contributed by atoms with van der Waals surface area (Å²) >= 11 is 3.41. The van der Waals surface area contributed by atoms with Gasteiger partial charge < -0.3 is 10.1 Å². The fourth-order valence-corrected chi connectivity index (χ4v) is 3.08. The maximum absolute atomic E-state index is 11.9. The van der Waals surface area contributed by atoms with Crippen LogP contribution in [-0.2, 0) is 11.2 Å². The fraction of sp³-hybridized carbons (Fsp3) is 0.316. The summed E-state index contributed by atoms with van der Waals surface area (Å²) in [7, 11) is 0. The van der Waals surface area contributed by atoms with Gasteiger partial charge in [0.1, 0.15) is 12.4 Å². The Kier molecular flexibility index (Phi) is 6.22. The summed E-state index contributed by atoms with van der Waals surface area (Å²) in [5.41, 5.74) is 4.48. The number of benzene rings is 2. The Bertz CT molecular complexity index is 675. The molecule has 0 aliphatic rings. The van der Waals surface area contributed by atoms with Gasteiger partial charge in [-0.2, -0.15) is 0 Å². The summed E-state index contributed by atoms with van der Waals surface area (Å²) in [4.78, 5) is 11.9. The Morgan fingerprint density at radius 2 is 1.83 bits per heavy atom. The van der Waals surface area contributed by atoms with Crippen molar-refractivity contribution in [2.45, 2.75) is 27.2 Å². The van der Waals surface area contributed by atoms with E-state index in [2.05, 4.69) is 40.3 Å². The van der Waals surface area contributed by atoms with Gasteiger partial charge in [-0.05, 0) is 49.6 Å². The van der Waals surface area contributed by atoms with Crippen LogP contribution in [0.15, 0.2) is 40.9 Å². The highest BCUT2D eigenvalue weighted by Crippen LogP contribution is 2.24. The van der Waals surface area contributed by atoms with E-state index in [9.17, 15) is 4.79 Å². The maximum Gasteiger partial charge on any atom is 0.224 e. The third-order valence-corrected chi connectivity index (χ3v) is 4.02. The van der Waals surface area contributed by atoms with E-state index in [1.165, 1.54) is 5.56 Å². The number of carbonyl (C=O) groups excluding carboxylic acids is 1. The second kappa shape index (κ2) is 8.16. The highest BCUT2D eigenvalue weighted by molar-refractivity contribution is 9.10. The molecule has 1 amide bonds. The molecule has 0 radical (unpaired) electrons. The smallest absolute Gasteiger partial charge is 0.224 e. The minimum absolute atomic E-state index is 0.00375. The van der Waals surface area contributed by atoms with Crippen LogP contribution in [0.4, 0.5) is 0 Å². The molecule has 0 saturated carbocycles. The molecule has 3 nitrogen and oxygen atoms in total. The van der Waals surface area contributed by atoms with Gasteiger partial charge >= 0.3 is 0 Å². The molecule has 0 aliphatic heterocycles. The van der Waals surface area contributed by atoms with Crippen molar-refractivity contribution in [3.63, 3.8) is 0 Å². The molecular formula is C19H22BrNO2. The molecule has 2 aromatic rings. The number of halogens is 1. The Morgan fingerprint density at radius 3 is 2.48 bits per heavy atom. The second-order valence-electron chi connectivity index (χ2n) is 5.73. The van der Waals surface area contributed by atoms with E-state index in [0.29, 0.717) is 19.6 Å². The van der Waals surface area contributed by atoms with E-state index >= 15 is 0 Å². The summed E-state index contributed by atoms with van der Waals surface area (Å²) in [6.45, 7) is 7.13. The highest BCUT2D eigenvalue weighted by atomic mass is 79.9. The molecule has 0 aliphatic carbocycles. The van der Waals surface area contributed by atoms with E-state index in [1.54, 1.807) is 0 Å². The first-order valence-electron chi connectivity index (χ1n) is 7.67. The number of ether oxygens (including phenoxy) is 1. The SMILES string of the molecule is Cc1cc(C)c(OCCNC(=O)Cc2cccc(Br)c2)c(C)c1. The van der Waals surface area contributed by atoms with Crippen molar-refractivity contribution >= 4 is 21.8 Å². The first-order valence-corrected chi connectivity index (χ1v) is 8.47. The molecule has 122 valence electrons. The number of nitrogens with one attached hydrogen (secondary N) is 1. The molecule has 2 rings (SSSR count). The van der Waals surface area contributed by atoms with Gasteiger partial charge in [0.2, 0.25) is 5.91 Å². The number of aryl methyl sites for hydroxylation is 3. The zero-order valence-corrected chi connectivity index (χ0v) is 15.4. The number of hydrogen-bond acceptors (Lipinski definition) is 2. The second-order valence-corrected chi connectivity index (χ2v) is 6.65. The van der Waals surface area contributed by atoms with Gasteiger partial charge in [0.15, 0.2) is 0 Å². The molecule has 4 heteroatoms. The number of amides is 1. The lowest BCUT2D eigenvalue weighted by Gasteiger charge is -2.13. The number of rotatable bonds is 6. The molecule has 0 aromatic heterocycles. The molecule has 1 N–H and O–H groups in total. The Labute approximate surface area is 146 Å². The van der Waals surface area contributed by atoms with Crippen LogP contribution in [0.3, 0.4) is 0 Å². The van der Waals surface area contributed by atoms with E-state index in [1.807, 2.05) is 38.1 Å². The number of hydrogen-bond donors (Lipinski definition) is 1. The van der Waals surface area contributed by atoms with Crippen LogP contribution >= 0.6 is 15.9 Å². The average molecular weight is 376 g/mol. The van der Waals surface area contributed by atoms with Crippen LogP contribution in [-0.4, -0.2) is 19.1 Å². The van der Waals surface area contributed by atoms with Crippen LogP contribution in [0.25, 0.3) is 0 Å². The van der Waals surface area contributed by atoms with Crippen LogP contribution in [0.5, 0.6) is 5.75 Å². The van der Waals surface area contributed by atoms with Crippen molar-refractivity contribution in [3.05, 3.63) is 63.1 Å². The minimum atomic E-state index is 0.00375. The van der Waals surface area contributed by atoms with Crippen LogP contribution in [0.1, 0.15) is 22.3 Å². The van der Waals surface area contributed by atoms with Gasteiger partial charge in [0, 0.05) is 4.47 Å². The van der Waals surface area contributed by atoms with Crippen molar-refractivity contribution in [1.29, 1.82) is 0 Å². The maximum atomic E-state index is 11.9. The van der Waals surface area contributed by atoms with Crippen molar-refractivity contribution in [3.8, 4) is 5.75 Å². The first-order chi connectivity index (χ1) is 11.0. The van der Waals surface area contributed by atoms with E-state index in [0.717, 1.165) is 26.9 Å². The van der Waals surface area contributed by atoms with Gasteiger partial charge in [-0.25, -0.2) is 0 Å². The average Bonchev–Trinajstić information content (AvgIpc) is 2.45. The summed E-state index contributed by atoms with van der Waals surface area (Å²) in [6.07, 6.45) is 0.377. The van der Waals surface area contributed by atoms with Gasteiger partial charge in [-0.1, -0.05) is 45.8 Å². The Balaban J connectivity index is 1.78. The lowest BCUT2D eigenvalue weighted by atomic mass is 10.1. The van der Waals surface area contributed by atoms with Crippen LogP contribution < -0.4 is 10.1 Å². The highest BCUT2D eigenvalue weighted by Gasteiger charge is 2.06.